The smallest absolute Gasteiger partial charge is 0.253 e. The second kappa shape index (κ2) is 12.6. The highest BCUT2D eigenvalue weighted by molar-refractivity contribution is 6.06. The SMILES string of the molecule is Cc1c(O)c(=CNCCNCC(C)C)c2nc3c(=O)ccc(C(=O)NCCNCC(C)C)c3[nH]c2c1=O. The maximum atomic E-state index is 13.0. The van der Waals surface area contributed by atoms with Crippen LogP contribution in [-0.2, 0) is 0 Å². The van der Waals surface area contributed by atoms with Crippen molar-refractivity contribution in [2.45, 2.75) is 34.6 Å². The molecule has 0 aliphatic carbocycles. The number of aromatic amines is 1. The number of amides is 1. The summed E-state index contributed by atoms with van der Waals surface area (Å²) >= 11 is 0. The van der Waals surface area contributed by atoms with Crippen LogP contribution in [0, 0.1) is 18.8 Å². The second-order valence-electron chi connectivity index (χ2n) is 10.1. The molecule has 3 rings (SSSR count). The van der Waals surface area contributed by atoms with Crippen LogP contribution in [0.1, 0.15) is 43.6 Å². The fourth-order valence-corrected chi connectivity index (χ4v) is 3.93. The van der Waals surface area contributed by atoms with Crippen molar-refractivity contribution >= 4 is 34.2 Å². The molecule has 2 aromatic carbocycles. The summed E-state index contributed by atoms with van der Waals surface area (Å²) in [6, 6.07) is 2.72. The third-order valence-electron chi connectivity index (χ3n) is 5.91. The lowest BCUT2D eigenvalue weighted by molar-refractivity contribution is 0.0955. The number of H-pyrrole nitrogens is 1. The highest BCUT2D eigenvalue weighted by Crippen LogP contribution is 2.17. The highest BCUT2D eigenvalue weighted by Gasteiger charge is 2.18. The summed E-state index contributed by atoms with van der Waals surface area (Å²) in [6.45, 7) is 14.0. The van der Waals surface area contributed by atoms with Crippen molar-refractivity contribution in [3.63, 3.8) is 0 Å². The lowest BCUT2D eigenvalue weighted by Gasteiger charge is -2.11. The van der Waals surface area contributed by atoms with Gasteiger partial charge in [-0.2, -0.15) is 0 Å². The van der Waals surface area contributed by atoms with Gasteiger partial charge in [0.15, 0.2) is 0 Å². The molecule has 200 valence electrons. The molecular weight excluding hydrogens is 472 g/mol. The molecule has 1 amide bonds. The van der Waals surface area contributed by atoms with E-state index in [9.17, 15) is 19.5 Å². The summed E-state index contributed by atoms with van der Waals surface area (Å²) in [6.07, 6.45) is 1.60. The fraction of sp³-hybridized carbons (Fsp3) is 0.481. The number of fused-ring (bicyclic) bond motifs is 2. The Hall–Kier alpha value is -3.50. The van der Waals surface area contributed by atoms with Crippen molar-refractivity contribution in [2.75, 3.05) is 39.3 Å². The van der Waals surface area contributed by atoms with Gasteiger partial charge < -0.3 is 31.4 Å². The Bertz CT molecular complexity index is 1430. The zero-order valence-electron chi connectivity index (χ0n) is 22.2. The molecule has 37 heavy (non-hydrogen) atoms. The van der Waals surface area contributed by atoms with Crippen molar-refractivity contribution in [1.82, 2.24) is 31.2 Å². The van der Waals surface area contributed by atoms with Crippen LogP contribution in [0.2, 0.25) is 0 Å². The zero-order valence-corrected chi connectivity index (χ0v) is 22.2. The summed E-state index contributed by atoms with van der Waals surface area (Å²) < 4.78 is 0. The number of carbonyl (C=O) groups excluding carboxylic acids is 1. The first-order valence-electron chi connectivity index (χ1n) is 12.8. The normalized spacial score (nSPS) is 12.2. The van der Waals surface area contributed by atoms with E-state index in [0.717, 1.165) is 13.1 Å². The summed E-state index contributed by atoms with van der Waals surface area (Å²) in [5, 5.41) is 23.6. The van der Waals surface area contributed by atoms with Crippen LogP contribution in [0.25, 0.3) is 28.3 Å². The highest BCUT2D eigenvalue weighted by atomic mass is 16.3. The van der Waals surface area contributed by atoms with E-state index in [1.807, 2.05) is 0 Å². The van der Waals surface area contributed by atoms with Crippen LogP contribution < -0.4 is 37.3 Å². The molecule has 0 aliphatic heterocycles. The molecule has 0 aliphatic rings. The third kappa shape index (κ3) is 6.84. The molecule has 1 aromatic heterocycles. The monoisotopic (exact) mass is 510 g/mol. The maximum absolute atomic E-state index is 13.0. The molecule has 1 heterocycles. The molecular formula is C27H38N6O4. The number of hydrogen-bond donors (Lipinski definition) is 6. The number of phenolic OH excluding ortho intramolecular Hbond substituents is 1. The lowest BCUT2D eigenvalue weighted by Crippen LogP contribution is -2.33. The molecule has 10 heteroatoms. The topological polar surface area (TPSA) is 148 Å². The Morgan fingerprint density at radius 2 is 1.62 bits per heavy atom. The van der Waals surface area contributed by atoms with Crippen LogP contribution in [0.5, 0.6) is 5.75 Å². The first-order valence-corrected chi connectivity index (χ1v) is 12.8. The Morgan fingerprint density at radius 3 is 2.27 bits per heavy atom. The van der Waals surface area contributed by atoms with E-state index in [2.05, 4.69) is 58.9 Å². The summed E-state index contributed by atoms with van der Waals surface area (Å²) in [5.74, 6) is 0.461. The van der Waals surface area contributed by atoms with Crippen molar-refractivity contribution in [3.8, 4) is 5.75 Å². The van der Waals surface area contributed by atoms with E-state index in [-0.39, 0.29) is 44.9 Å². The summed E-state index contributed by atoms with van der Waals surface area (Å²) in [4.78, 5) is 46.1. The van der Waals surface area contributed by atoms with Crippen molar-refractivity contribution in [3.05, 3.63) is 48.9 Å². The molecule has 0 bridgehead atoms. The molecule has 0 atom stereocenters. The molecule has 0 radical (unpaired) electrons. The van der Waals surface area contributed by atoms with Gasteiger partial charge >= 0.3 is 0 Å². The first-order chi connectivity index (χ1) is 17.6. The molecule has 0 saturated carbocycles. The van der Waals surface area contributed by atoms with Gasteiger partial charge in [-0.05, 0) is 44.0 Å². The largest absolute Gasteiger partial charge is 0.507 e. The Labute approximate surface area is 215 Å². The molecule has 10 nitrogen and oxygen atoms in total. The molecule has 0 fully saturated rings. The predicted octanol–water partition coefficient (Wildman–Crippen LogP) is 0.718. The van der Waals surface area contributed by atoms with Crippen LogP contribution in [-0.4, -0.2) is 60.3 Å². The quantitative estimate of drug-likeness (QED) is 0.154. The molecule has 0 unspecified atom stereocenters. The van der Waals surface area contributed by atoms with Gasteiger partial charge in [-0.15, -0.1) is 0 Å². The molecule has 3 aromatic rings. The van der Waals surface area contributed by atoms with E-state index >= 15 is 0 Å². The Kier molecular flexibility index (Phi) is 9.60. The van der Waals surface area contributed by atoms with Gasteiger partial charge in [0.05, 0.1) is 16.3 Å². The van der Waals surface area contributed by atoms with Crippen LogP contribution in [0.15, 0.2) is 21.7 Å². The number of aromatic nitrogens is 2. The minimum atomic E-state index is -0.446. The van der Waals surface area contributed by atoms with E-state index in [0.29, 0.717) is 43.2 Å². The van der Waals surface area contributed by atoms with Gasteiger partial charge in [-0.3, -0.25) is 14.4 Å². The van der Waals surface area contributed by atoms with Crippen LogP contribution in [0.3, 0.4) is 0 Å². The van der Waals surface area contributed by atoms with E-state index in [4.69, 9.17) is 0 Å². The molecule has 6 N–H and O–H groups in total. The maximum Gasteiger partial charge on any atom is 0.253 e. The number of carbonyl (C=O) groups is 1. The van der Waals surface area contributed by atoms with Gasteiger partial charge in [0.1, 0.15) is 22.3 Å². The van der Waals surface area contributed by atoms with Gasteiger partial charge in [-0.1, -0.05) is 27.7 Å². The number of benzene rings is 2. The number of aromatic hydroxyl groups is 1. The van der Waals surface area contributed by atoms with Gasteiger partial charge in [0.25, 0.3) is 5.91 Å². The van der Waals surface area contributed by atoms with E-state index < -0.39 is 10.9 Å². The summed E-state index contributed by atoms with van der Waals surface area (Å²) in [5.41, 5.74) is 0.0171. The summed E-state index contributed by atoms with van der Waals surface area (Å²) in [7, 11) is 0. The van der Waals surface area contributed by atoms with E-state index in [1.54, 1.807) is 6.20 Å². The number of nitrogens with zero attached hydrogens (tertiary/aromatic N) is 1. The van der Waals surface area contributed by atoms with Crippen molar-refractivity contribution < 1.29 is 9.90 Å². The van der Waals surface area contributed by atoms with Crippen molar-refractivity contribution in [1.29, 1.82) is 0 Å². The minimum absolute atomic E-state index is 0.0222. The Morgan fingerprint density at radius 1 is 0.973 bits per heavy atom. The number of rotatable bonds is 12. The minimum Gasteiger partial charge on any atom is -0.507 e. The average Bonchev–Trinajstić information content (AvgIpc) is 2.85. The third-order valence-corrected chi connectivity index (χ3v) is 5.91. The van der Waals surface area contributed by atoms with Gasteiger partial charge in [0.2, 0.25) is 10.9 Å². The standard InChI is InChI=1S/C27H38N6O4/c1-15(2)12-28-8-9-30-14-19-22-24(26(36)17(5)25(19)35)33-21-18(6-7-20(34)23(21)32-22)27(37)31-11-10-29-13-16(3)4/h6-7,14-16,28-30,33,35H,8-13H2,1-5H3,(H,31,37). The molecule has 0 spiro atoms. The second-order valence-corrected chi connectivity index (χ2v) is 10.1. The first kappa shape index (κ1) is 28.1. The zero-order chi connectivity index (χ0) is 27.1. The fourth-order valence-electron chi connectivity index (χ4n) is 3.93. The van der Waals surface area contributed by atoms with Crippen LogP contribution in [0.4, 0.5) is 0 Å². The van der Waals surface area contributed by atoms with E-state index in [1.165, 1.54) is 19.1 Å². The van der Waals surface area contributed by atoms with Gasteiger partial charge in [-0.25, -0.2) is 4.98 Å². The average molecular weight is 511 g/mol. The van der Waals surface area contributed by atoms with Gasteiger partial charge in [0, 0.05) is 37.9 Å². The Balaban J connectivity index is 1.99. The molecule has 0 saturated heterocycles. The number of nitrogens with one attached hydrogen (secondary N) is 5. The number of phenols is 1. The van der Waals surface area contributed by atoms with Crippen LogP contribution >= 0.6 is 0 Å². The number of hydrogen-bond acceptors (Lipinski definition) is 8. The van der Waals surface area contributed by atoms with Crippen molar-refractivity contribution in [2.24, 2.45) is 11.8 Å². The lowest BCUT2D eigenvalue weighted by atomic mass is 10.1. The predicted molar refractivity (Wildman–Crippen MR) is 148 cm³/mol.